The molecule has 0 N–H and O–H groups in total. The van der Waals surface area contributed by atoms with Gasteiger partial charge in [-0.05, 0) is 56.5 Å². The fraction of sp³-hybridized carbons (Fsp3) is 0.333. The van der Waals surface area contributed by atoms with Crippen LogP contribution in [-0.4, -0.2) is 32.5 Å². The number of carbonyl (C=O) groups excluding carboxylic acids is 2. The summed E-state index contributed by atoms with van der Waals surface area (Å²) in [6.07, 6.45) is 1.80. The van der Waals surface area contributed by atoms with Gasteiger partial charge in [0, 0.05) is 17.8 Å². The highest BCUT2D eigenvalue weighted by Crippen LogP contribution is 2.36. The van der Waals surface area contributed by atoms with Crippen LogP contribution in [-0.2, 0) is 21.2 Å². The number of hydrogen-bond acceptors (Lipinski definition) is 4. The number of carbonyl (C=O) groups is 2. The molecule has 2 aromatic rings. The van der Waals surface area contributed by atoms with Gasteiger partial charge in [-0.1, -0.05) is 24.3 Å². The molecule has 0 aliphatic carbocycles. The molecule has 0 atom stereocenters. The molecule has 0 saturated carbocycles. The van der Waals surface area contributed by atoms with E-state index in [1.54, 1.807) is 36.9 Å². The summed E-state index contributed by atoms with van der Waals surface area (Å²) in [5.74, 6) is -0.908. The highest BCUT2D eigenvalue weighted by atomic mass is 32.2. The van der Waals surface area contributed by atoms with Crippen molar-refractivity contribution in [3.8, 4) is 0 Å². The topological polar surface area (TPSA) is 74.8 Å². The highest BCUT2D eigenvalue weighted by Gasteiger charge is 2.50. The van der Waals surface area contributed by atoms with Crippen LogP contribution in [0.3, 0.4) is 0 Å². The second-order valence-corrected chi connectivity index (χ2v) is 9.77. The van der Waals surface area contributed by atoms with Crippen molar-refractivity contribution < 1.29 is 18.0 Å². The van der Waals surface area contributed by atoms with E-state index in [4.69, 9.17) is 0 Å². The van der Waals surface area contributed by atoms with Crippen molar-refractivity contribution in [2.75, 3.05) is 21.5 Å². The van der Waals surface area contributed by atoms with Gasteiger partial charge >= 0.3 is 0 Å². The van der Waals surface area contributed by atoms with Gasteiger partial charge in [0.2, 0.25) is 15.9 Å². The molecule has 28 heavy (non-hydrogen) atoms. The molecule has 6 nitrogen and oxygen atoms in total. The molecule has 2 heterocycles. The summed E-state index contributed by atoms with van der Waals surface area (Å²) in [4.78, 5) is 27.5. The van der Waals surface area contributed by atoms with Gasteiger partial charge in [-0.2, -0.15) is 0 Å². The predicted molar refractivity (Wildman–Crippen MR) is 108 cm³/mol. The minimum atomic E-state index is -3.75. The predicted octanol–water partition coefficient (Wildman–Crippen LogP) is 2.98. The Bertz CT molecular complexity index is 1080. The van der Waals surface area contributed by atoms with Crippen LogP contribution in [0.1, 0.15) is 36.2 Å². The zero-order valence-electron chi connectivity index (χ0n) is 15.9. The third-order valence-electron chi connectivity index (χ3n) is 5.27. The van der Waals surface area contributed by atoms with E-state index < -0.39 is 21.3 Å². The number of sulfonamides is 1. The molecule has 146 valence electrons. The summed E-state index contributed by atoms with van der Waals surface area (Å²) in [6.45, 7) is 3.84. The smallest absolute Gasteiger partial charge is 0.258 e. The largest absolute Gasteiger partial charge is 0.308 e. The van der Waals surface area contributed by atoms with Crippen LogP contribution in [0.25, 0.3) is 0 Å². The van der Waals surface area contributed by atoms with E-state index in [1.807, 2.05) is 24.3 Å². The molecule has 2 aliphatic rings. The lowest BCUT2D eigenvalue weighted by molar-refractivity contribution is -0.123. The van der Waals surface area contributed by atoms with Gasteiger partial charge in [-0.3, -0.25) is 9.59 Å². The number of rotatable bonds is 2. The summed E-state index contributed by atoms with van der Waals surface area (Å²) in [5.41, 5.74) is 1.60. The quantitative estimate of drug-likeness (QED) is 0.779. The third kappa shape index (κ3) is 2.99. The first-order valence-corrected chi connectivity index (χ1v) is 10.9. The minimum absolute atomic E-state index is 0.197. The third-order valence-corrected chi connectivity index (χ3v) is 7.29. The van der Waals surface area contributed by atoms with Crippen molar-refractivity contribution in [1.82, 2.24) is 0 Å². The van der Waals surface area contributed by atoms with Crippen molar-refractivity contribution in [3.05, 3.63) is 59.7 Å². The molecule has 1 fully saturated rings. The fourth-order valence-corrected chi connectivity index (χ4v) is 6.03. The maximum absolute atomic E-state index is 13.2. The van der Waals surface area contributed by atoms with E-state index in [2.05, 4.69) is 0 Å². The van der Waals surface area contributed by atoms with Gasteiger partial charge in [0.05, 0.1) is 16.9 Å². The molecule has 7 heteroatoms. The minimum Gasteiger partial charge on any atom is -0.308 e. The maximum atomic E-state index is 13.2. The lowest BCUT2D eigenvalue weighted by atomic mass is 9.95. The van der Waals surface area contributed by atoms with E-state index in [0.717, 1.165) is 28.4 Å². The van der Waals surface area contributed by atoms with Crippen molar-refractivity contribution in [2.45, 2.75) is 26.7 Å². The zero-order chi connectivity index (χ0) is 20.1. The molecule has 0 radical (unpaired) electrons. The van der Waals surface area contributed by atoms with Gasteiger partial charge < -0.3 is 4.90 Å². The molecule has 0 aromatic heterocycles. The molecular weight excluding hydrogens is 376 g/mol. The number of aryl methyl sites for hydroxylation is 1. The van der Waals surface area contributed by atoms with Gasteiger partial charge in [-0.15, -0.1) is 0 Å². The van der Waals surface area contributed by atoms with E-state index in [9.17, 15) is 18.0 Å². The van der Waals surface area contributed by atoms with Crippen molar-refractivity contribution in [1.29, 1.82) is 0 Å². The molecule has 1 saturated heterocycles. The first kappa shape index (κ1) is 18.7. The van der Waals surface area contributed by atoms with E-state index in [-0.39, 0.29) is 17.3 Å². The molecule has 0 spiro atoms. The van der Waals surface area contributed by atoms with Gasteiger partial charge in [0.25, 0.3) is 5.91 Å². The number of amides is 2. The maximum Gasteiger partial charge on any atom is 0.258 e. The highest BCUT2D eigenvalue weighted by molar-refractivity contribution is 7.94. The van der Waals surface area contributed by atoms with Crippen LogP contribution in [0, 0.1) is 5.41 Å². The second kappa shape index (κ2) is 6.44. The van der Waals surface area contributed by atoms with Crippen LogP contribution in [0.2, 0.25) is 0 Å². The first-order valence-electron chi connectivity index (χ1n) is 9.28. The zero-order valence-corrected chi connectivity index (χ0v) is 16.7. The Hall–Kier alpha value is -2.67. The van der Waals surface area contributed by atoms with Crippen LogP contribution in [0.5, 0.6) is 0 Å². The number of para-hydroxylation sites is 1. The van der Waals surface area contributed by atoms with Crippen molar-refractivity contribution in [3.63, 3.8) is 0 Å². The van der Waals surface area contributed by atoms with Gasteiger partial charge in [0.1, 0.15) is 0 Å². The average molecular weight is 398 g/mol. The molecule has 0 unspecified atom stereocenters. The number of hydrogen-bond donors (Lipinski definition) is 0. The van der Waals surface area contributed by atoms with Crippen LogP contribution in [0.4, 0.5) is 11.4 Å². The van der Waals surface area contributed by atoms with Gasteiger partial charge in [-0.25, -0.2) is 12.7 Å². The van der Waals surface area contributed by atoms with Crippen LogP contribution in [0.15, 0.2) is 48.5 Å². The monoisotopic (exact) mass is 398 g/mol. The molecule has 2 aromatic carbocycles. The molecule has 4 rings (SSSR count). The lowest BCUT2D eigenvalue weighted by Gasteiger charge is -2.29. The van der Waals surface area contributed by atoms with E-state index >= 15 is 0 Å². The molecule has 2 aliphatic heterocycles. The SMILES string of the molecule is CC1(C)CS(=O)(=O)N(c2cccc(C(=O)N3CCCc4ccccc43)c2)C1=O. The Balaban J connectivity index is 1.71. The van der Waals surface area contributed by atoms with Crippen molar-refractivity contribution in [2.24, 2.45) is 5.41 Å². The Labute approximate surface area is 164 Å². The van der Waals surface area contributed by atoms with Crippen LogP contribution >= 0.6 is 0 Å². The lowest BCUT2D eigenvalue weighted by Crippen LogP contribution is -2.36. The second-order valence-electron chi connectivity index (χ2n) is 7.95. The van der Waals surface area contributed by atoms with Gasteiger partial charge in [0.15, 0.2) is 0 Å². The number of fused-ring (bicyclic) bond motifs is 1. The van der Waals surface area contributed by atoms with E-state index in [0.29, 0.717) is 12.1 Å². The molecule has 0 bridgehead atoms. The summed E-state index contributed by atoms with van der Waals surface area (Å²) in [7, 11) is -3.75. The molecular formula is C21H22N2O4S. The number of benzene rings is 2. The normalized spacial score (nSPS) is 20.1. The summed E-state index contributed by atoms with van der Waals surface area (Å²) < 4.78 is 25.9. The summed E-state index contributed by atoms with van der Waals surface area (Å²) >= 11 is 0. The number of anilines is 2. The Morgan fingerprint density at radius 1 is 1.07 bits per heavy atom. The van der Waals surface area contributed by atoms with Crippen LogP contribution < -0.4 is 9.21 Å². The van der Waals surface area contributed by atoms with Crippen molar-refractivity contribution >= 4 is 33.2 Å². The fourth-order valence-electron chi connectivity index (χ4n) is 3.93. The van der Waals surface area contributed by atoms with E-state index in [1.165, 1.54) is 6.07 Å². The summed E-state index contributed by atoms with van der Waals surface area (Å²) in [5, 5.41) is 0. The number of nitrogens with zero attached hydrogens (tertiary/aromatic N) is 2. The standard InChI is InChI=1S/C21H22N2O4S/c1-21(2)14-28(26,27)23(20(21)25)17-10-5-8-16(13-17)19(24)22-12-6-9-15-7-3-4-11-18(15)22/h3-5,7-8,10-11,13H,6,9,12,14H2,1-2H3. The average Bonchev–Trinajstić information content (AvgIpc) is 2.83. The Morgan fingerprint density at radius 2 is 1.82 bits per heavy atom. The first-order chi connectivity index (χ1) is 13.2. The summed E-state index contributed by atoms with van der Waals surface area (Å²) in [6, 6.07) is 14.1. The Kier molecular flexibility index (Phi) is 4.30. The Morgan fingerprint density at radius 3 is 2.54 bits per heavy atom. The molecule has 2 amide bonds.